The van der Waals surface area contributed by atoms with Gasteiger partial charge in [-0.25, -0.2) is 0 Å². The summed E-state index contributed by atoms with van der Waals surface area (Å²) in [6, 6.07) is 10.6. The zero-order chi connectivity index (χ0) is 14.8. The largest absolute Gasteiger partial charge is 0.387 e. The summed E-state index contributed by atoms with van der Waals surface area (Å²) in [5.41, 5.74) is 3.35. The molecule has 1 atom stereocenters. The number of aliphatic hydroxyl groups is 1. The molecule has 1 aliphatic heterocycles. The van der Waals surface area contributed by atoms with Crippen LogP contribution in [0.2, 0.25) is 0 Å². The summed E-state index contributed by atoms with van der Waals surface area (Å²) in [5, 5.41) is 14.1. The van der Waals surface area contributed by atoms with Crippen LogP contribution in [0.15, 0.2) is 35.2 Å². The van der Waals surface area contributed by atoms with Crippen molar-refractivity contribution in [2.75, 3.05) is 12.8 Å². The van der Waals surface area contributed by atoms with E-state index in [4.69, 9.17) is 0 Å². The molecular weight excluding hydrogens is 282 g/mol. The monoisotopic (exact) mass is 303 g/mol. The Morgan fingerprint density at radius 3 is 2.90 bits per heavy atom. The van der Waals surface area contributed by atoms with Gasteiger partial charge in [0.25, 0.3) is 0 Å². The molecule has 4 nitrogen and oxygen atoms in total. The fourth-order valence-electron chi connectivity index (χ4n) is 2.76. The summed E-state index contributed by atoms with van der Waals surface area (Å²) in [6.07, 6.45) is 1.63. The number of nitrogens with zero attached hydrogens (tertiary/aromatic N) is 3. The van der Waals surface area contributed by atoms with Gasteiger partial charge < -0.3 is 5.11 Å². The summed E-state index contributed by atoms with van der Waals surface area (Å²) < 4.78 is 2.03. The second kappa shape index (κ2) is 6.22. The van der Waals surface area contributed by atoms with Crippen molar-refractivity contribution < 1.29 is 5.11 Å². The van der Waals surface area contributed by atoms with Gasteiger partial charge >= 0.3 is 0 Å². The highest BCUT2D eigenvalue weighted by Gasteiger charge is 2.20. The van der Waals surface area contributed by atoms with E-state index >= 15 is 0 Å². The van der Waals surface area contributed by atoms with Crippen molar-refractivity contribution in [3.63, 3.8) is 0 Å². The zero-order valence-corrected chi connectivity index (χ0v) is 13.3. The van der Waals surface area contributed by atoms with Gasteiger partial charge in [0.1, 0.15) is 0 Å². The maximum absolute atomic E-state index is 9.65. The number of aromatic nitrogens is 2. The highest BCUT2D eigenvalue weighted by molar-refractivity contribution is 7.98. The second-order valence-electron chi connectivity index (χ2n) is 5.48. The Hall–Kier alpha value is -1.30. The van der Waals surface area contributed by atoms with E-state index in [0.29, 0.717) is 0 Å². The summed E-state index contributed by atoms with van der Waals surface area (Å²) in [5.74, 6) is 0. The molecule has 1 N–H and O–H groups in total. The van der Waals surface area contributed by atoms with E-state index in [9.17, 15) is 5.11 Å². The number of hydrogen-bond donors (Lipinski definition) is 1. The van der Waals surface area contributed by atoms with Crippen molar-refractivity contribution in [2.45, 2.75) is 37.6 Å². The molecule has 21 heavy (non-hydrogen) atoms. The van der Waals surface area contributed by atoms with Gasteiger partial charge in [-0.2, -0.15) is 5.10 Å². The Morgan fingerprint density at radius 2 is 2.14 bits per heavy atom. The fraction of sp³-hybridized carbons (Fsp3) is 0.438. The average Bonchev–Trinajstić information content (AvgIpc) is 2.91. The van der Waals surface area contributed by atoms with E-state index in [0.717, 1.165) is 31.9 Å². The Bertz CT molecular complexity index is 624. The molecular formula is C16H21N3OS. The van der Waals surface area contributed by atoms with Crippen molar-refractivity contribution in [3.05, 3.63) is 47.3 Å². The van der Waals surface area contributed by atoms with E-state index < -0.39 is 6.10 Å². The highest BCUT2D eigenvalue weighted by atomic mass is 32.2. The van der Waals surface area contributed by atoms with Crippen molar-refractivity contribution >= 4 is 11.8 Å². The van der Waals surface area contributed by atoms with Crippen molar-refractivity contribution in [1.82, 2.24) is 14.7 Å². The molecule has 0 saturated carbocycles. The van der Waals surface area contributed by atoms with Crippen LogP contribution in [-0.2, 0) is 19.6 Å². The van der Waals surface area contributed by atoms with Crippen LogP contribution >= 0.6 is 11.8 Å². The number of rotatable bonds is 4. The molecule has 0 spiro atoms. The van der Waals surface area contributed by atoms with Crippen molar-refractivity contribution in [3.8, 4) is 0 Å². The topological polar surface area (TPSA) is 41.3 Å². The van der Waals surface area contributed by atoms with Gasteiger partial charge in [0.15, 0.2) is 0 Å². The van der Waals surface area contributed by atoms with Crippen molar-refractivity contribution in [1.29, 1.82) is 0 Å². The molecule has 0 bridgehead atoms. The van der Waals surface area contributed by atoms with Crippen LogP contribution < -0.4 is 0 Å². The van der Waals surface area contributed by atoms with E-state index in [-0.39, 0.29) is 0 Å². The molecule has 0 saturated heterocycles. The Balaban J connectivity index is 1.74. The number of aliphatic hydroxyl groups excluding tert-OH is 1. The SMILES string of the molecule is CSc1ccccc1CN1CCn2nc(C(C)O)cc2C1. The van der Waals surface area contributed by atoms with Crippen LogP contribution in [0, 0.1) is 0 Å². The first-order valence-corrected chi connectivity index (χ1v) is 8.49. The number of benzene rings is 1. The predicted molar refractivity (Wildman–Crippen MR) is 85.2 cm³/mol. The molecule has 1 aromatic carbocycles. The van der Waals surface area contributed by atoms with E-state index in [1.807, 2.05) is 10.7 Å². The van der Waals surface area contributed by atoms with E-state index in [1.54, 1.807) is 18.7 Å². The number of hydrogen-bond acceptors (Lipinski definition) is 4. The summed E-state index contributed by atoms with van der Waals surface area (Å²) in [4.78, 5) is 3.79. The highest BCUT2D eigenvalue weighted by Crippen LogP contribution is 2.24. The van der Waals surface area contributed by atoms with Crippen LogP contribution in [0.25, 0.3) is 0 Å². The average molecular weight is 303 g/mol. The zero-order valence-electron chi connectivity index (χ0n) is 12.5. The standard InChI is InChI=1S/C16H21N3OS/c1-12(20)15-9-14-11-18(7-8-19(14)17-15)10-13-5-3-4-6-16(13)21-2/h3-6,9,12,20H,7-8,10-11H2,1-2H3. The first-order valence-electron chi connectivity index (χ1n) is 7.26. The molecule has 1 aromatic heterocycles. The fourth-order valence-corrected chi connectivity index (χ4v) is 3.37. The minimum atomic E-state index is -0.492. The smallest absolute Gasteiger partial charge is 0.0950 e. The van der Waals surface area contributed by atoms with Crippen LogP contribution in [-0.4, -0.2) is 32.6 Å². The lowest BCUT2D eigenvalue weighted by molar-refractivity contribution is 0.189. The molecule has 3 rings (SSSR count). The number of thioether (sulfide) groups is 1. The molecule has 0 amide bonds. The van der Waals surface area contributed by atoms with Gasteiger partial charge in [-0.05, 0) is 30.9 Å². The maximum Gasteiger partial charge on any atom is 0.0950 e. The molecule has 0 radical (unpaired) electrons. The lowest BCUT2D eigenvalue weighted by Crippen LogP contribution is -2.33. The van der Waals surface area contributed by atoms with Gasteiger partial charge in [0, 0.05) is 24.5 Å². The quantitative estimate of drug-likeness (QED) is 0.882. The predicted octanol–water partition coefficient (Wildman–Crippen LogP) is 2.67. The van der Waals surface area contributed by atoms with Crippen LogP contribution in [0.5, 0.6) is 0 Å². The third kappa shape index (κ3) is 3.15. The van der Waals surface area contributed by atoms with Crippen LogP contribution in [0.4, 0.5) is 0 Å². The second-order valence-corrected chi connectivity index (χ2v) is 6.33. The first kappa shape index (κ1) is 14.6. The first-order chi connectivity index (χ1) is 10.2. The Kier molecular flexibility index (Phi) is 4.33. The van der Waals surface area contributed by atoms with Gasteiger partial charge in [0.2, 0.25) is 0 Å². The van der Waals surface area contributed by atoms with Gasteiger partial charge in [-0.3, -0.25) is 9.58 Å². The lowest BCUT2D eigenvalue weighted by atomic mass is 10.2. The third-order valence-corrected chi connectivity index (χ3v) is 4.75. The lowest BCUT2D eigenvalue weighted by Gasteiger charge is -2.28. The summed E-state index contributed by atoms with van der Waals surface area (Å²) in [7, 11) is 0. The van der Waals surface area contributed by atoms with E-state index in [1.165, 1.54) is 16.2 Å². The molecule has 2 heterocycles. The maximum atomic E-state index is 9.65. The third-order valence-electron chi connectivity index (χ3n) is 3.91. The molecule has 0 aliphatic carbocycles. The molecule has 112 valence electrons. The van der Waals surface area contributed by atoms with Gasteiger partial charge in [0.05, 0.1) is 24.0 Å². The normalized spacial score (nSPS) is 16.7. The minimum Gasteiger partial charge on any atom is -0.387 e. The molecule has 5 heteroatoms. The van der Waals surface area contributed by atoms with Crippen molar-refractivity contribution in [2.24, 2.45) is 0 Å². The Morgan fingerprint density at radius 1 is 1.33 bits per heavy atom. The summed E-state index contributed by atoms with van der Waals surface area (Å²) >= 11 is 1.80. The minimum absolute atomic E-state index is 0.492. The molecule has 1 aliphatic rings. The summed E-state index contributed by atoms with van der Waals surface area (Å²) in [6.45, 7) is 5.51. The number of fused-ring (bicyclic) bond motifs is 1. The molecule has 2 aromatic rings. The van der Waals surface area contributed by atoms with Crippen LogP contribution in [0.3, 0.4) is 0 Å². The molecule has 0 fully saturated rings. The van der Waals surface area contributed by atoms with Gasteiger partial charge in [-0.1, -0.05) is 18.2 Å². The van der Waals surface area contributed by atoms with Gasteiger partial charge in [-0.15, -0.1) is 11.8 Å². The Labute approximate surface area is 129 Å². The van der Waals surface area contributed by atoms with E-state index in [2.05, 4.69) is 40.5 Å². The molecule has 1 unspecified atom stereocenters. The van der Waals surface area contributed by atoms with Crippen LogP contribution in [0.1, 0.15) is 30.0 Å².